The summed E-state index contributed by atoms with van der Waals surface area (Å²) in [4.78, 5) is 40.0. The Morgan fingerprint density at radius 2 is 1.54 bits per heavy atom. The van der Waals surface area contributed by atoms with Crippen LogP contribution in [0.3, 0.4) is 0 Å². The third-order valence-electron chi connectivity index (χ3n) is 6.34. The van der Waals surface area contributed by atoms with Gasteiger partial charge < -0.3 is 15.5 Å². The van der Waals surface area contributed by atoms with Crippen LogP contribution in [0.15, 0.2) is 72.8 Å². The van der Waals surface area contributed by atoms with Crippen LogP contribution in [0.25, 0.3) is 0 Å². The lowest BCUT2D eigenvalue weighted by Crippen LogP contribution is -2.45. The van der Waals surface area contributed by atoms with Gasteiger partial charge in [-0.05, 0) is 68.7 Å². The van der Waals surface area contributed by atoms with E-state index < -0.39 is 0 Å². The zero-order chi connectivity index (χ0) is 24.8. The maximum absolute atomic E-state index is 12.9. The highest BCUT2D eigenvalue weighted by molar-refractivity contribution is 6.04. The third-order valence-corrected chi connectivity index (χ3v) is 6.34. The zero-order valence-corrected chi connectivity index (χ0v) is 20.2. The van der Waals surface area contributed by atoms with Crippen LogP contribution in [0.1, 0.15) is 50.2 Å². The van der Waals surface area contributed by atoms with Crippen molar-refractivity contribution in [2.24, 2.45) is 5.92 Å². The number of aryl methyl sites for hydroxylation is 2. The Balaban J connectivity index is 1.31. The molecule has 0 radical (unpaired) electrons. The fourth-order valence-corrected chi connectivity index (χ4v) is 4.26. The van der Waals surface area contributed by atoms with Gasteiger partial charge in [0.1, 0.15) is 0 Å². The van der Waals surface area contributed by atoms with Gasteiger partial charge in [0.05, 0.1) is 5.92 Å². The smallest absolute Gasteiger partial charge is 0.255 e. The molecular weight excluding hydrogens is 438 g/mol. The number of nitrogens with one attached hydrogen (secondary N) is 2. The number of hydrogen-bond donors (Lipinski definition) is 2. The predicted octanol–water partition coefficient (Wildman–Crippen LogP) is 4.72. The van der Waals surface area contributed by atoms with Crippen LogP contribution in [0.4, 0.5) is 5.69 Å². The zero-order valence-electron chi connectivity index (χ0n) is 20.2. The second kappa shape index (κ2) is 11.0. The lowest BCUT2D eigenvalue weighted by atomic mass is 9.96. The van der Waals surface area contributed by atoms with Gasteiger partial charge in [0, 0.05) is 36.4 Å². The van der Waals surface area contributed by atoms with E-state index in [2.05, 4.69) is 10.6 Å². The number of amides is 3. The minimum atomic E-state index is -0.234. The topological polar surface area (TPSA) is 78.5 Å². The molecule has 180 valence electrons. The molecule has 1 aliphatic rings. The molecule has 0 aromatic heterocycles. The Kier molecular flexibility index (Phi) is 7.60. The number of nitrogens with zero attached hydrogens (tertiary/aromatic N) is 1. The average molecular weight is 470 g/mol. The second-order valence-electron chi connectivity index (χ2n) is 9.19. The van der Waals surface area contributed by atoms with Gasteiger partial charge in [-0.25, -0.2) is 0 Å². The fraction of sp³-hybridized carbons (Fsp3) is 0.276. The van der Waals surface area contributed by atoms with Crippen molar-refractivity contribution in [2.75, 3.05) is 18.4 Å². The molecule has 3 aromatic carbocycles. The molecule has 6 heteroatoms. The largest absolute Gasteiger partial charge is 0.352 e. The summed E-state index contributed by atoms with van der Waals surface area (Å²) in [5.41, 5.74) is 5.02. The SMILES string of the molecule is Cc1ccc(C(=O)Nc2cccc(CNC(=O)C3CCCN(C(=O)c4ccc(C)cc4)C3)c2)cc1. The number of benzene rings is 3. The Hall–Kier alpha value is -3.93. The molecular formula is C29H31N3O3. The normalized spacial score (nSPS) is 15.4. The highest BCUT2D eigenvalue weighted by atomic mass is 16.2. The van der Waals surface area contributed by atoms with E-state index in [4.69, 9.17) is 0 Å². The summed E-state index contributed by atoms with van der Waals surface area (Å²) in [5.74, 6) is -0.491. The van der Waals surface area contributed by atoms with E-state index >= 15 is 0 Å². The number of likely N-dealkylation sites (tertiary alicyclic amines) is 1. The van der Waals surface area contributed by atoms with Crippen molar-refractivity contribution in [3.05, 3.63) is 101 Å². The van der Waals surface area contributed by atoms with E-state index in [-0.39, 0.29) is 23.6 Å². The van der Waals surface area contributed by atoms with Gasteiger partial charge in [-0.3, -0.25) is 14.4 Å². The van der Waals surface area contributed by atoms with Gasteiger partial charge in [-0.15, -0.1) is 0 Å². The molecule has 0 saturated carbocycles. The van der Waals surface area contributed by atoms with Crippen LogP contribution in [0.5, 0.6) is 0 Å². The lowest BCUT2D eigenvalue weighted by Gasteiger charge is -2.32. The first-order valence-corrected chi connectivity index (χ1v) is 12.0. The molecule has 6 nitrogen and oxygen atoms in total. The van der Waals surface area contributed by atoms with E-state index in [0.717, 1.165) is 29.5 Å². The van der Waals surface area contributed by atoms with E-state index in [9.17, 15) is 14.4 Å². The van der Waals surface area contributed by atoms with E-state index in [1.165, 1.54) is 0 Å². The quantitative estimate of drug-likeness (QED) is 0.548. The van der Waals surface area contributed by atoms with E-state index in [0.29, 0.717) is 36.4 Å². The Bertz CT molecular complexity index is 1200. The molecule has 1 aliphatic heterocycles. The third kappa shape index (κ3) is 6.35. The van der Waals surface area contributed by atoms with E-state index in [1.807, 2.05) is 74.5 Å². The lowest BCUT2D eigenvalue weighted by molar-refractivity contribution is -0.126. The summed E-state index contributed by atoms with van der Waals surface area (Å²) in [5, 5.41) is 5.91. The van der Waals surface area contributed by atoms with Crippen LogP contribution in [-0.4, -0.2) is 35.7 Å². The molecule has 4 rings (SSSR count). The van der Waals surface area contributed by atoms with Crippen LogP contribution in [-0.2, 0) is 11.3 Å². The maximum Gasteiger partial charge on any atom is 0.255 e. The highest BCUT2D eigenvalue weighted by Gasteiger charge is 2.28. The number of piperidine rings is 1. The van der Waals surface area contributed by atoms with Crippen molar-refractivity contribution in [3.63, 3.8) is 0 Å². The predicted molar refractivity (Wildman–Crippen MR) is 137 cm³/mol. The molecule has 1 fully saturated rings. The minimum absolute atomic E-state index is 0.0282. The van der Waals surface area contributed by atoms with Gasteiger partial charge in [0.25, 0.3) is 11.8 Å². The number of carbonyl (C=O) groups excluding carboxylic acids is 3. The average Bonchev–Trinajstić information content (AvgIpc) is 2.88. The minimum Gasteiger partial charge on any atom is -0.352 e. The molecule has 0 aliphatic carbocycles. The Labute approximate surface area is 206 Å². The summed E-state index contributed by atoms with van der Waals surface area (Å²) < 4.78 is 0. The van der Waals surface area contributed by atoms with E-state index in [1.54, 1.807) is 17.0 Å². The molecule has 1 atom stereocenters. The summed E-state index contributed by atoms with van der Waals surface area (Å²) in [6.45, 7) is 5.41. The van der Waals surface area contributed by atoms with Crippen molar-refractivity contribution in [2.45, 2.75) is 33.2 Å². The van der Waals surface area contributed by atoms with Crippen molar-refractivity contribution < 1.29 is 14.4 Å². The van der Waals surface area contributed by atoms with Gasteiger partial charge in [-0.2, -0.15) is 0 Å². The molecule has 35 heavy (non-hydrogen) atoms. The molecule has 0 spiro atoms. The Morgan fingerprint density at radius 1 is 0.886 bits per heavy atom. The molecule has 1 saturated heterocycles. The monoisotopic (exact) mass is 469 g/mol. The first kappa shape index (κ1) is 24.2. The molecule has 0 bridgehead atoms. The van der Waals surface area contributed by atoms with Crippen molar-refractivity contribution in [1.29, 1.82) is 0 Å². The standard InChI is InChI=1S/C29H31N3O3/c1-20-8-12-23(13-9-20)28(34)31-26-7-3-5-22(17-26)18-30-27(33)25-6-4-16-32(19-25)29(35)24-14-10-21(2)11-15-24/h3,5,7-15,17,25H,4,6,16,18-19H2,1-2H3,(H,30,33)(H,31,34). The second-order valence-corrected chi connectivity index (χ2v) is 9.19. The molecule has 3 aromatic rings. The number of anilines is 1. The number of carbonyl (C=O) groups is 3. The number of rotatable bonds is 6. The molecule has 2 N–H and O–H groups in total. The van der Waals surface area contributed by atoms with Crippen LogP contribution in [0, 0.1) is 19.8 Å². The first-order chi connectivity index (χ1) is 16.9. The highest BCUT2D eigenvalue weighted by Crippen LogP contribution is 2.20. The summed E-state index contributed by atoms with van der Waals surface area (Å²) in [6.07, 6.45) is 1.56. The summed E-state index contributed by atoms with van der Waals surface area (Å²) in [6, 6.07) is 22.4. The van der Waals surface area contributed by atoms with Gasteiger partial charge in [-0.1, -0.05) is 47.5 Å². The van der Waals surface area contributed by atoms with Crippen LogP contribution >= 0.6 is 0 Å². The van der Waals surface area contributed by atoms with Crippen molar-refractivity contribution >= 4 is 23.4 Å². The van der Waals surface area contributed by atoms with Crippen molar-refractivity contribution in [3.8, 4) is 0 Å². The number of hydrogen-bond acceptors (Lipinski definition) is 3. The summed E-state index contributed by atoms with van der Waals surface area (Å²) >= 11 is 0. The summed E-state index contributed by atoms with van der Waals surface area (Å²) in [7, 11) is 0. The maximum atomic E-state index is 12.9. The fourth-order valence-electron chi connectivity index (χ4n) is 4.26. The van der Waals surface area contributed by atoms with Gasteiger partial charge in [0.2, 0.25) is 5.91 Å². The van der Waals surface area contributed by atoms with Gasteiger partial charge >= 0.3 is 0 Å². The molecule has 1 heterocycles. The van der Waals surface area contributed by atoms with Crippen molar-refractivity contribution in [1.82, 2.24) is 10.2 Å². The Morgan fingerprint density at radius 3 is 2.23 bits per heavy atom. The molecule has 1 unspecified atom stereocenters. The van der Waals surface area contributed by atoms with Crippen LogP contribution < -0.4 is 10.6 Å². The first-order valence-electron chi connectivity index (χ1n) is 12.0. The van der Waals surface area contributed by atoms with Gasteiger partial charge in [0.15, 0.2) is 0 Å². The van der Waals surface area contributed by atoms with Crippen LogP contribution in [0.2, 0.25) is 0 Å². The molecule has 3 amide bonds.